The van der Waals surface area contributed by atoms with Gasteiger partial charge in [0.2, 0.25) is 0 Å². The monoisotopic (exact) mass is 378 g/mol. The van der Waals surface area contributed by atoms with Crippen LogP contribution in [0.15, 0.2) is 34.9 Å². The smallest absolute Gasteiger partial charge is 0.259 e. The summed E-state index contributed by atoms with van der Waals surface area (Å²) in [6.45, 7) is 4.21. The molecule has 26 heavy (non-hydrogen) atoms. The van der Waals surface area contributed by atoms with Crippen LogP contribution < -0.4 is 10.6 Å². The Hall–Kier alpha value is -2.51. The zero-order valence-electron chi connectivity index (χ0n) is 14.7. The Morgan fingerprint density at radius 3 is 2.65 bits per heavy atom. The summed E-state index contributed by atoms with van der Waals surface area (Å²) in [4.78, 5) is 17.1. The molecule has 3 aromatic rings. The lowest BCUT2D eigenvalue weighted by Gasteiger charge is -2.12. The second kappa shape index (κ2) is 8.25. The summed E-state index contributed by atoms with van der Waals surface area (Å²) in [5.74, 6) is -0.566. The molecule has 0 fully saturated rings. The van der Waals surface area contributed by atoms with Gasteiger partial charge in [-0.3, -0.25) is 4.79 Å². The van der Waals surface area contributed by atoms with Gasteiger partial charge in [0, 0.05) is 18.2 Å². The van der Waals surface area contributed by atoms with Gasteiger partial charge < -0.3 is 15.2 Å². The number of likely N-dealkylation sites (N-methyl/N-ethyl adjacent to an activating group) is 1. The fraction of sp³-hybridized carbons (Fsp3) is 0.278. The van der Waals surface area contributed by atoms with Gasteiger partial charge in [0.05, 0.1) is 22.3 Å². The summed E-state index contributed by atoms with van der Waals surface area (Å²) in [5.41, 5.74) is 2.53. The molecule has 3 rings (SSSR count). The quantitative estimate of drug-likeness (QED) is 0.713. The van der Waals surface area contributed by atoms with Crippen LogP contribution in [0.2, 0.25) is 0 Å². The molecule has 0 saturated carbocycles. The molecule has 6 nitrogen and oxygen atoms in total. The van der Waals surface area contributed by atoms with Gasteiger partial charge in [-0.25, -0.2) is 9.37 Å². The molecule has 1 aromatic carbocycles. The average Bonchev–Trinajstić information content (AvgIpc) is 3.00. The average molecular weight is 379 g/mol. The molecule has 2 aromatic heterocycles. The van der Waals surface area contributed by atoms with Crippen LogP contribution in [-0.4, -0.2) is 35.7 Å². The van der Waals surface area contributed by atoms with Crippen molar-refractivity contribution in [1.82, 2.24) is 20.8 Å². The number of amides is 1. The number of hydrogen-bond acceptors (Lipinski definition) is 5. The van der Waals surface area contributed by atoms with Crippen LogP contribution in [0.1, 0.15) is 23.0 Å². The highest BCUT2D eigenvalue weighted by Gasteiger charge is 2.19. The molecule has 1 atom stereocenters. The van der Waals surface area contributed by atoms with Gasteiger partial charge in [0.25, 0.3) is 11.6 Å². The normalized spacial score (nSPS) is 11.8. The Balaban J connectivity index is 0.00000243. The van der Waals surface area contributed by atoms with Crippen molar-refractivity contribution in [3.8, 4) is 11.3 Å². The van der Waals surface area contributed by atoms with Crippen molar-refractivity contribution in [1.29, 1.82) is 0 Å². The van der Waals surface area contributed by atoms with Crippen molar-refractivity contribution < 1.29 is 13.7 Å². The Morgan fingerprint density at radius 1 is 1.31 bits per heavy atom. The van der Waals surface area contributed by atoms with E-state index in [0.717, 1.165) is 0 Å². The number of halogens is 2. The van der Waals surface area contributed by atoms with Gasteiger partial charge in [-0.2, -0.15) is 0 Å². The van der Waals surface area contributed by atoms with Gasteiger partial charge in [0.15, 0.2) is 0 Å². The van der Waals surface area contributed by atoms with Crippen molar-refractivity contribution in [2.75, 3.05) is 13.6 Å². The summed E-state index contributed by atoms with van der Waals surface area (Å²) < 4.78 is 18.4. The first-order valence-corrected chi connectivity index (χ1v) is 7.98. The number of carbonyl (C=O) groups excluding carboxylic acids is 1. The molecule has 138 valence electrons. The standard InChI is InChI=1S/C18H19FN4O2.ClH/c1-10(20-3)9-21-17(24)14-8-15(12-4-6-13(19)7-5-12)22-18-16(14)11(2)23-25-18;/h4-8,10,20H,9H2,1-3H3,(H,21,24);1H. The fourth-order valence-electron chi connectivity index (χ4n) is 2.49. The van der Waals surface area contributed by atoms with Gasteiger partial charge in [-0.15, -0.1) is 12.4 Å². The van der Waals surface area contributed by atoms with E-state index in [-0.39, 0.29) is 35.9 Å². The second-order valence-corrected chi connectivity index (χ2v) is 5.91. The third kappa shape index (κ3) is 4.00. The lowest BCUT2D eigenvalue weighted by molar-refractivity contribution is 0.0952. The highest BCUT2D eigenvalue weighted by atomic mass is 35.5. The molecular weight excluding hydrogens is 359 g/mol. The first-order chi connectivity index (χ1) is 12.0. The highest BCUT2D eigenvalue weighted by molar-refractivity contribution is 6.07. The summed E-state index contributed by atoms with van der Waals surface area (Å²) in [7, 11) is 1.83. The van der Waals surface area contributed by atoms with Gasteiger partial charge in [0.1, 0.15) is 5.82 Å². The zero-order chi connectivity index (χ0) is 18.0. The maximum Gasteiger partial charge on any atom is 0.259 e. The summed E-state index contributed by atoms with van der Waals surface area (Å²) in [6.07, 6.45) is 0. The van der Waals surface area contributed by atoms with Crippen LogP contribution in [0, 0.1) is 12.7 Å². The SMILES string of the molecule is CNC(C)CNC(=O)c1cc(-c2ccc(F)cc2)nc2onc(C)c12.Cl. The van der Waals surface area contributed by atoms with Crippen molar-refractivity contribution in [2.45, 2.75) is 19.9 Å². The number of nitrogens with one attached hydrogen (secondary N) is 2. The summed E-state index contributed by atoms with van der Waals surface area (Å²) in [5, 5.41) is 10.4. The number of nitrogens with zero attached hydrogens (tertiary/aromatic N) is 2. The van der Waals surface area contributed by atoms with Crippen LogP contribution in [0.4, 0.5) is 4.39 Å². The predicted molar refractivity (Wildman–Crippen MR) is 100 cm³/mol. The number of fused-ring (bicyclic) bond motifs is 1. The Morgan fingerprint density at radius 2 is 2.00 bits per heavy atom. The Bertz CT molecular complexity index is 911. The van der Waals surface area contributed by atoms with E-state index >= 15 is 0 Å². The maximum atomic E-state index is 13.2. The van der Waals surface area contributed by atoms with Gasteiger partial charge in [-0.05, 0) is 51.2 Å². The zero-order valence-corrected chi connectivity index (χ0v) is 15.5. The van der Waals surface area contributed by atoms with E-state index in [1.165, 1.54) is 12.1 Å². The number of aromatic nitrogens is 2. The topological polar surface area (TPSA) is 80.0 Å². The molecule has 0 radical (unpaired) electrons. The first-order valence-electron chi connectivity index (χ1n) is 7.98. The number of aryl methyl sites for hydroxylation is 1. The van der Waals surface area contributed by atoms with E-state index in [0.29, 0.717) is 34.4 Å². The summed E-state index contributed by atoms with van der Waals surface area (Å²) in [6, 6.07) is 7.73. The fourth-order valence-corrected chi connectivity index (χ4v) is 2.49. The predicted octanol–water partition coefficient (Wildman–Crippen LogP) is 3.10. The van der Waals surface area contributed by atoms with E-state index < -0.39 is 0 Å². The van der Waals surface area contributed by atoms with Crippen LogP contribution in [0.3, 0.4) is 0 Å². The molecule has 2 N–H and O–H groups in total. The number of rotatable bonds is 5. The van der Waals surface area contributed by atoms with E-state index in [2.05, 4.69) is 20.8 Å². The van der Waals surface area contributed by atoms with Gasteiger partial charge in [-0.1, -0.05) is 5.16 Å². The van der Waals surface area contributed by atoms with Crippen molar-refractivity contribution in [3.05, 3.63) is 47.4 Å². The van der Waals surface area contributed by atoms with E-state index in [1.807, 2.05) is 14.0 Å². The van der Waals surface area contributed by atoms with Gasteiger partial charge >= 0.3 is 0 Å². The molecule has 0 saturated heterocycles. The molecule has 0 aliphatic rings. The van der Waals surface area contributed by atoms with Crippen molar-refractivity contribution in [3.63, 3.8) is 0 Å². The molecule has 0 aliphatic carbocycles. The maximum absolute atomic E-state index is 13.2. The lowest BCUT2D eigenvalue weighted by Crippen LogP contribution is -2.37. The largest absolute Gasteiger partial charge is 0.350 e. The third-order valence-corrected chi connectivity index (χ3v) is 4.06. The minimum atomic E-state index is -0.334. The van der Waals surface area contributed by atoms with Crippen LogP contribution in [-0.2, 0) is 0 Å². The third-order valence-electron chi connectivity index (χ3n) is 4.06. The first kappa shape index (κ1) is 19.8. The molecule has 8 heteroatoms. The minimum Gasteiger partial charge on any atom is -0.350 e. The number of benzene rings is 1. The molecule has 2 heterocycles. The van der Waals surface area contributed by atoms with E-state index in [4.69, 9.17) is 4.52 Å². The lowest BCUT2D eigenvalue weighted by atomic mass is 10.0. The molecular formula is C18H20ClFN4O2. The molecule has 0 spiro atoms. The summed E-state index contributed by atoms with van der Waals surface area (Å²) >= 11 is 0. The number of hydrogen-bond donors (Lipinski definition) is 2. The molecule has 1 unspecified atom stereocenters. The molecule has 0 bridgehead atoms. The molecule has 0 aliphatic heterocycles. The van der Waals surface area contributed by atoms with Crippen LogP contribution >= 0.6 is 12.4 Å². The number of pyridine rings is 1. The Labute approximate surface area is 156 Å². The molecule has 1 amide bonds. The van der Waals surface area contributed by atoms with Crippen molar-refractivity contribution >= 4 is 29.4 Å². The Kier molecular flexibility index (Phi) is 6.28. The number of carbonyl (C=O) groups is 1. The minimum absolute atomic E-state index is 0. The van der Waals surface area contributed by atoms with E-state index in [9.17, 15) is 9.18 Å². The van der Waals surface area contributed by atoms with Crippen LogP contribution in [0.25, 0.3) is 22.4 Å². The van der Waals surface area contributed by atoms with Crippen LogP contribution in [0.5, 0.6) is 0 Å². The second-order valence-electron chi connectivity index (χ2n) is 5.91. The van der Waals surface area contributed by atoms with E-state index in [1.54, 1.807) is 25.1 Å². The highest BCUT2D eigenvalue weighted by Crippen LogP contribution is 2.27. The van der Waals surface area contributed by atoms with Crippen molar-refractivity contribution in [2.24, 2.45) is 0 Å².